The average Bonchev–Trinajstić information content (AvgIpc) is 2.51. The Bertz CT molecular complexity index is 178. The van der Waals surface area contributed by atoms with Crippen LogP contribution in [0.2, 0.25) is 0 Å². The van der Waals surface area contributed by atoms with E-state index in [1.54, 1.807) is 24.6 Å². The largest absolute Gasteiger partial charge is 0.0654 e. The van der Waals surface area contributed by atoms with Crippen molar-refractivity contribution in [3.8, 4) is 0 Å². The first-order valence-corrected chi connectivity index (χ1v) is 12.6. The molecule has 0 aromatic rings. The summed E-state index contributed by atoms with van der Waals surface area (Å²) < 4.78 is 0. The Labute approximate surface area is 137 Å². The zero-order valence-electron chi connectivity index (χ0n) is 15.8. The first kappa shape index (κ1) is 21.4. The van der Waals surface area contributed by atoms with Gasteiger partial charge in [0.1, 0.15) is 0 Å². The second kappa shape index (κ2) is 15.3. The molecular formula is C20H44P+. The van der Waals surface area contributed by atoms with E-state index >= 15 is 0 Å². The van der Waals surface area contributed by atoms with Crippen LogP contribution < -0.4 is 0 Å². The molecular weight excluding hydrogens is 271 g/mol. The van der Waals surface area contributed by atoms with Gasteiger partial charge in [-0.25, -0.2) is 0 Å². The van der Waals surface area contributed by atoms with Crippen LogP contribution in [0.4, 0.5) is 0 Å². The van der Waals surface area contributed by atoms with E-state index in [1.807, 2.05) is 0 Å². The molecule has 21 heavy (non-hydrogen) atoms. The van der Waals surface area contributed by atoms with Crippen molar-refractivity contribution in [3.05, 3.63) is 0 Å². The Balaban J connectivity index is 4.43. The molecule has 0 radical (unpaired) electrons. The summed E-state index contributed by atoms with van der Waals surface area (Å²) in [5, 5.41) is 0. The molecule has 128 valence electrons. The quantitative estimate of drug-likeness (QED) is 0.201. The number of hydrogen-bond acceptors (Lipinski definition) is 0. The summed E-state index contributed by atoms with van der Waals surface area (Å²) in [5.74, 6) is 0. The molecule has 1 heteroatoms. The summed E-state index contributed by atoms with van der Waals surface area (Å²) in [6.07, 6.45) is 24.0. The Hall–Kier alpha value is 0.430. The Morgan fingerprint density at radius 3 is 1.05 bits per heavy atom. The fourth-order valence-electron chi connectivity index (χ4n) is 3.41. The summed E-state index contributed by atoms with van der Waals surface area (Å²) >= 11 is 0. The normalized spacial score (nSPS) is 12.0. The van der Waals surface area contributed by atoms with Crippen LogP contribution >= 0.6 is 7.26 Å². The Morgan fingerprint density at radius 1 is 0.381 bits per heavy atom. The fraction of sp³-hybridized carbons (Fsp3) is 1.00. The molecule has 0 bridgehead atoms. The average molecular weight is 316 g/mol. The van der Waals surface area contributed by atoms with E-state index in [-0.39, 0.29) is 0 Å². The van der Waals surface area contributed by atoms with Gasteiger partial charge in [0.05, 0.1) is 24.6 Å². The maximum absolute atomic E-state index is 2.38. The molecule has 0 nitrogen and oxygen atoms in total. The molecule has 0 N–H and O–H groups in total. The van der Waals surface area contributed by atoms with Gasteiger partial charge in [0, 0.05) is 7.26 Å². The van der Waals surface area contributed by atoms with E-state index in [0.29, 0.717) is 0 Å². The van der Waals surface area contributed by atoms with Gasteiger partial charge in [0.2, 0.25) is 0 Å². The van der Waals surface area contributed by atoms with E-state index in [9.17, 15) is 0 Å². The maximum atomic E-state index is 2.38. The molecule has 0 rings (SSSR count). The van der Waals surface area contributed by atoms with Gasteiger partial charge in [-0.3, -0.25) is 0 Å². The van der Waals surface area contributed by atoms with Crippen molar-refractivity contribution in [2.45, 2.75) is 105 Å². The fourth-order valence-corrected chi connectivity index (χ4v) is 8.51. The molecule has 0 amide bonds. The minimum absolute atomic E-state index is 0.610. The highest BCUT2D eigenvalue weighted by atomic mass is 31.2. The molecule has 0 atom stereocenters. The number of hydrogen-bond donors (Lipinski definition) is 0. The predicted molar refractivity (Wildman–Crippen MR) is 104 cm³/mol. The third-order valence-corrected chi connectivity index (χ3v) is 10.0. The highest BCUT2D eigenvalue weighted by Gasteiger charge is 2.34. The predicted octanol–water partition coefficient (Wildman–Crippen LogP) is 7.76. The highest BCUT2D eigenvalue weighted by Crippen LogP contribution is 2.61. The first-order chi connectivity index (χ1) is 10.2. The standard InChI is InChI=1S/C20H44P/c1-5-9-13-15-19-21(17-11-7-3,18-12-8-4)20-16-14-10-6-2/h5-20H2,1-4H3/q+1. The van der Waals surface area contributed by atoms with Crippen LogP contribution in [0.5, 0.6) is 0 Å². The molecule has 0 aliphatic heterocycles. The summed E-state index contributed by atoms with van der Waals surface area (Å²) in [4.78, 5) is 0. The van der Waals surface area contributed by atoms with Crippen molar-refractivity contribution in [2.75, 3.05) is 24.6 Å². The smallest absolute Gasteiger partial charge is 0.0594 e. The van der Waals surface area contributed by atoms with Crippen LogP contribution in [0.25, 0.3) is 0 Å². The zero-order valence-corrected chi connectivity index (χ0v) is 16.7. The van der Waals surface area contributed by atoms with Crippen molar-refractivity contribution >= 4 is 7.26 Å². The summed E-state index contributed by atoms with van der Waals surface area (Å²) in [6, 6.07) is 0. The molecule has 0 saturated heterocycles. The van der Waals surface area contributed by atoms with Crippen LogP contribution in [0, 0.1) is 0 Å². The maximum Gasteiger partial charge on any atom is 0.0594 e. The number of rotatable bonds is 16. The minimum atomic E-state index is -0.610. The van der Waals surface area contributed by atoms with Gasteiger partial charge in [-0.15, -0.1) is 0 Å². The molecule has 0 heterocycles. The van der Waals surface area contributed by atoms with E-state index in [1.165, 1.54) is 77.0 Å². The zero-order chi connectivity index (χ0) is 15.8. The van der Waals surface area contributed by atoms with Gasteiger partial charge in [-0.1, -0.05) is 66.2 Å². The van der Waals surface area contributed by atoms with E-state index < -0.39 is 7.26 Å². The van der Waals surface area contributed by atoms with Crippen molar-refractivity contribution in [3.63, 3.8) is 0 Å². The van der Waals surface area contributed by atoms with Crippen LogP contribution in [0.3, 0.4) is 0 Å². The van der Waals surface area contributed by atoms with E-state index in [2.05, 4.69) is 27.7 Å². The van der Waals surface area contributed by atoms with Gasteiger partial charge in [0.25, 0.3) is 0 Å². The van der Waals surface area contributed by atoms with Crippen molar-refractivity contribution in [2.24, 2.45) is 0 Å². The van der Waals surface area contributed by atoms with Gasteiger partial charge >= 0.3 is 0 Å². The van der Waals surface area contributed by atoms with Crippen LogP contribution in [-0.4, -0.2) is 24.6 Å². The van der Waals surface area contributed by atoms with Crippen molar-refractivity contribution in [1.29, 1.82) is 0 Å². The van der Waals surface area contributed by atoms with Crippen molar-refractivity contribution < 1.29 is 0 Å². The Morgan fingerprint density at radius 2 is 0.714 bits per heavy atom. The molecule has 0 aromatic heterocycles. The first-order valence-electron chi connectivity index (χ1n) is 10.1. The number of unbranched alkanes of at least 4 members (excludes halogenated alkanes) is 8. The highest BCUT2D eigenvalue weighted by molar-refractivity contribution is 7.75. The topological polar surface area (TPSA) is 0 Å². The molecule has 0 fully saturated rings. The summed E-state index contributed by atoms with van der Waals surface area (Å²) in [6.45, 7) is 9.42. The Kier molecular flexibility index (Phi) is 15.6. The summed E-state index contributed by atoms with van der Waals surface area (Å²) in [5.41, 5.74) is 0. The SMILES string of the molecule is CCCCCC[P+](CCCC)(CCCC)CCCCCC. The molecule has 0 aromatic carbocycles. The van der Waals surface area contributed by atoms with Crippen LogP contribution in [0.15, 0.2) is 0 Å². The van der Waals surface area contributed by atoms with E-state index in [0.717, 1.165) is 0 Å². The third-order valence-electron chi connectivity index (χ3n) is 4.94. The van der Waals surface area contributed by atoms with Crippen LogP contribution in [-0.2, 0) is 0 Å². The van der Waals surface area contributed by atoms with Gasteiger partial charge in [0.15, 0.2) is 0 Å². The second-order valence-corrected chi connectivity index (χ2v) is 11.5. The molecule has 0 unspecified atom stereocenters. The lowest BCUT2D eigenvalue weighted by atomic mass is 10.2. The molecule has 0 spiro atoms. The van der Waals surface area contributed by atoms with Crippen molar-refractivity contribution in [1.82, 2.24) is 0 Å². The van der Waals surface area contributed by atoms with Gasteiger partial charge in [-0.05, 0) is 38.5 Å². The monoisotopic (exact) mass is 315 g/mol. The van der Waals surface area contributed by atoms with Gasteiger partial charge in [-0.2, -0.15) is 0 Å². The summed E-state index contributed by atoms with van der Waals surface area (Å²) in [7, 11) is -0.610. The van der Waals surface area contributed by atoms with Crippen LogP contribution in [0.1, 0.15) is 105 Å². The van der Waals surface area contributed by atoms with E-state index in [4.69, 9.17) is 0 Å². The molecule has 0 aliphatic carbocycles. The lowest BCUT2D eigenvalue weighted by molar-refractivity contribution is 0.689. The lowest BCUT2D eigenvalue weighted by Crippen LogP contribution is -2.13. The lowest BCUT2D eigenvalue weighted by Gasteiger charge is -2.28. The van der Waals surface area contributed by atoms with Gasteiger partial charge < -0.3 is 0 Å². The molecule has 0 aliphatic rings. The third kappa shape index (κ3) is 11.6. The minimum Gasteiger partial charge on any atom is -0.0654 e. The molecule has 0 saturated carbocycles. The second-order valence-electron chi connectivity index (χ2n) is 7.06.